The van der Waals surface area contributed by atoms with Crippen LogP contribution in [0.5, 0.6) is 0 Å². The predicted octanol–water partition coefficient (Wildman–Crippen LogP) is 1.05. The molecule has 90 valence electrons. The van der Waals surface area contributed by atoms with Crippen LogP contribution in [0, 0.1) is 0 Å². The van der Waals surface area contributed by atoms with Gasteiger partial charge in [0.05, 0.1) is 13.2 Å². The van der Waals surface area contributed by atoms with E-state index in [1.165, 1.54) is 11.3 Å². The maximum absolute atomic E-state index is 10.6. The summed E-state index contributed by atoms with van der Waals surface area (Å²) < 4.78 is 4.95. The Labute approximate surface area is 103 Å². The van der Waals surface area contributed by atoms with Crippen molar-refractivity contribution in [2.75, 3.05) is 38.3 Å². The molecular weight excluding hydrogens is 252 g/mol. The largest absolute Gasteiger partial charge is 0.395 e. The number of nitrogens with zero attached hydrogens (tertiary/aromatic N) is 2. The second-order valence-corrected chi connectivity index (χ2v) is 4.34. The lowest BCUT2D eigenvalue weighted by Crippen LogP contribution is -2.29. The van der Waals surface area contributed by atoms with Crippen molar-refractivity contribution >= 4 is 34.4 Å². The molecule has 0 amide bonds. The van der Waals surface area contributed by atoms with Crippen LogP contribution in [-0.2, 0) is 4.74 Å². The monoisotopic (exact) mass is 264 g/mol. The number of rotatable bonds is 7. The summed E-state index contributed by atoms with van der Waals surface area (Å²) in [5, 5.41) is 9.75. The zero-order chi connectivity index (χ0) is 12.0. The van der Waals surface area contributed by atoms with Gasteiger partial charge >= 0.3 is 0 Å². The third-order valence-corrected chi connectivity index (χ3v) is 3.35. The highest BCUT2D eigenvalue weighted by Crippen LogP contribution is 2.27. The van der Waals surface area contributed by atoms with Gasteiger partial charge in [-0.2, -0.15) is 0 Å². The third kappa shape index (κ3) is 3.41. The predicted molar refractivity (Wildman–Crippen MR) is 63.7 cm³/mol. The molecule has 0 saturated carbocycles. The second kappa shape index (κ2) is 6.80. The minimum atomic E-state index is 0.0112. The fourth-order valence-corrected chi connectivity index (χ4v) is 2.25. The molecule has 0 fully saturated rings. The molecule has 1 N–H and O–H groups in total. The van der Waals surface area contributed by atoms with E-state index in [4.69, 9.17) is 21.4 Å². The summed E-state index contributed by atoms with van der Waals surface area (Å²) in [6, 6.07) is 0. The van der Waals surface area contributed by atoms with Crippen molar-refractivity contribution < 1.29 is 14.6 Å². The summed E-state index contributed by atoms with van der Waals surface area (Å²) in [6.45, 7) is 1.57. The van der Waals surface area contributed by atoms with E-state index in [-0.39, 0.29) is 11.8 Å². The van der Waals surface area contributed by atoms with Gasteiger partial charge in [0.2, 0.25) is 0 Å². The molecule has 7 heteroatoms. The number of carbonyl (C=O) groups excluding carboxylic acids is 1. The van der Waals surface area contributed by atoms with E-state index >= 15 is 0 Å². The SMILES string of the molecule is COCCN(CCO)c1nc(Cl)c(C=O)s1. The summed E-state index contributed by atoms with van der Waals surface area (Å²) >= 11 is 6.98. The number of ether oxygens (including phenoxy) is 1. The molecule has 0 saturated heterocycles. The molecule has 1 aromatic heterocycles. The Bertz CT molecular complexity index is 345. The molecule has 1 aromatic rings. The number of aliphatic hydroxyl groups is 1. The lowest BCUT2D eigenvalue weighted by atomic mass is 10.5. The number of aromatic nitrogens is 1. The Balaban J connectivity index is 2.78. The van der Waals surface area contributed by atoms with Gasteiger partial charge < -0.3 is 14.7 Å². The smallest absolute Gasteiger partial charge is 0.187 e. The second-order valence-electron chi connectivity index (χ2n) is 2.97. The molecule has 5 nitrogen and oxygen atoms in total. The van der Waals surface area contributed by atoms with Gasteiger partial charge in [-0.25, -0.2) is 4.98 Å². The Hall–Kier alpha value is -0.690. The number of hydrogen-bond donors (Lipinski definition) is 1. The van der Waals surface area contributed by atoms with Gasteiger partial charge in [0.15, 0.2) is 16.6 Å². The molecule has 0 spiro atoms. The molecule has 0 aromatic carbocycles. The Morgan fingerprint density at radius 1 is 1.62 bits per heavy atom. The number of methoxy groups -OCH3 is 1. The zero-order valence-corrected chi connectivity index (χ0v) is 10.4. The number of halogens is 1. The maximum atomic E-state index is 10.6. The highest BCUT2D eigenvalue weighted by Gasteiger charge is 2.14. The Morgan fingerprint density at radius 2 is 2.38 bits per heavy atom. The van der Waals surface area contributed by atoms with E-state index in [1.54, 1.807) is 7.11 Å². The molecule has 0 bridgehead atoms. The summed E-state index contributed by atoms with van der Waals surface area (Å²) in [4.78, 5) is 16.9. The van der Waals surface area contributed by atoms with E-state index < -0.39 is 0 Å². The molecule has 0 radical (unpaired) electrons. The van der Waals surface area contributed by atoms with Crippen molar-refractivity contribution in [3.8, 4) is 0 Å². The Morgan fingerprint density at radius 3 is 2.88 bits per heavy atom. The van der Waals surface area contributed by atoms with Crippen LogP contribution in [0.15, 0.2) is 0 Å². The number of hydrogen-bond acceptors (Lipinski definition) is 6. The first-order chi connectivity index (χ1) is 7.72. The van der Waals surface area contributed by atoms with Crippen molar-refractivity contribution in [2.45, 2.75) is 0 Å². The van der Waals surface area contributed by atoms with Crippen LogP contribution in [0.3, 0.4) is 0 Å². The van der Waals surface area contributed by atoms with Crippen molar-refractivity contribution in [3.63, 3.8) is 0 Å². The van der Waals surface area contributed by atoms with Gasteiger partial charge in [-0.1, -0.05) is 22.9 Å². The van der Waals surface area contributed by atoms with Crippen LogP contribution < -0.4 is 4.90 Å². The van der Waals surface area contributed by atoms with Crippen LogP contribution >= 0.6 is 22.9 Å². The van der Waals surface area contributed by atoms with Crippen LogP contribution in [-0.4, -0.2) is 49.8 Å². The first kappa shape index (κ1) is 13.4. The van der Waals surface area contributed by atoms with Crippen LogP contribution in [0.25, 0.3) is 0 Å². The average molecular weight is 265 g/mol. The molecular formula is C9H13ClN2O3S. The summed E-state index contributed by atoms with van der Waals surface area (Å²) in [6.07, 6.45) is 0.678. The van der Waals surface area contributed by atoms with Gasteiger partial charge in [-0.3, -0.25) is 4.79 Å². The molecule has 0 atom stereocenters. The summed E-state index contributed by atoms with van der Waals surface area (Å²) in [5.41, 5.74) is 0. The number of anilines is 1. The topological polar surface area (TPSA) is 62.7 Å². The quantitative estimate of drug-likeness (QED) is 0.746. The van der Waals surface area contributed by atoms with E-state index in [2.05, 4.69) is 4.98 Å². The van der Waals surface area contributed by atoms with Gasteiger partial charge in [-0.15, -0.1) is 0 Å². The third-order valence-electron chi connectivity index (χ3n) is 1.91. The molecule has 1 rings (SSSR count). The van der Waals surface area contributed by atoms with Gasteiger partial charge in [0.25, 0.3) is 0 Å². The van der Waals surface area contributed by atoms with Crippen LogP contribution in [0.1, 0.15) is 9.67 Å². The first-order valence-electron chi connectivity index (χ1n) is 4.69. The van der Waals surface area contributed by atoms with Gasteiger partial charge in [-0.05, 0) is 0 Å². The molecule has 1 heterocycles. The lowest BCUT2D eigenvalue weighted by molar-refractivity contribution is 0.112. The minimum Gasteiger partial charge on any atom is -0.395 e. The van der Waals surface area contributed by atoms with Crippen molar-refractivity contribution in [3.05, 3.63) is 10.0 Å². The van der Waals surface area contributed by atoms with Gasteiger partial charge in [0.1, 0.15) is 4.88 Å². The number of thiazole rings is 1. The van der Waals surface area contributed by atoms with E-state index in [1.807, 2.05) is 4.90 Å². The maximum Gasteiger partial charge on any atom is 0.187 e. The number of aliphatic hydroxyl groups excluding tert-OH is 1. The van der Waals surface area contributed by atoms with E-state index in [9.17, 15) is 4.79 Å². The van der Waals surface area contributed by atoms with E-state index in [0.29, 0.717) is 36.0 Å². The molecule has 0 aliphatic heterocycles. The highest BCUT2D eigenvalue weighted by atomic mass is 35.5. The van der Waals surface area contributed by atoms with E-state index in [0.717, 1.165) is 0 Å². The summed E-state index contributed by atoms with van der Waals surface area (Å²) in [5.74, 6) is 0. The molecule has 0 unspecified atom stereocenters. The van der Waals surface area contributed by atoms with Crippen molar-refractivity contribution in [2.24, 2.45) is 0 Å². The highest BCUT2D eigenvalue weighted by molar-refractivity contribution is 7.17. The fraction of sp³-hybridized carbons (Fsp3) is 0.556. The average Bonchev–Trinajstić information content (AvgIpc) is 2.65. The number of carbonyl (C=O) groups is 1. The fourth-order valence-electron chi connectivity index (χ4n) is 1.14. The molecule has 16 heavy (non-hydrogen) atoms. The minimum absolute atomic E-state index is 0.0112. The normalized spacial score (nSPS) is 10.4. The first-order valence-corrected chi connectivity index (χ1v) is 5.88. The Kier molecular flexibility index (Phi) is 5.68. The van der Waals surface area contributed by atoms with Crippen LogP contribution in [0.2, 0.25) is 5.15 Å². The van der Waals surface area contributed by atoms with Crippen molar-refractivity contribution in [1.82, 2.24) is 4.98 Å². The standard InChI is InChI=1S/C9H13ClN2O3S/c1-15-5-3-12(2-4-13)9-11-8(10)7(6-14)16-9/h6,13H,2-5H2,1H3. The van der Waals surface area contributed by atoms with Gasteiger partial charge in [0, 0.05) is 20.2 Å². The number of aldehydes is 1. The zero-order valence-electron chi connectivity index (χ0n) is 8.85. The van der Waals surface area contributed by atoms with Crippen LogP contribution in [0.4, 0.5) is 5.13 Å². The molecule has 0 aliphatic rings. The van der Waals surface area contributed by atoms with Crippen molar-refractivity contribution in [1.29, 1.82) is 0 Å². The summed E-state index contributed by atoms with van der Waals surface area (Å²) in [7, 11) is 1.60. The lowest BCUT2D eigenvalue weighted by Gasteiger charge is -2.19. The molecule has 0 aliphatic carbocycles.